The highest BCUT2D eigenvalue weighted by Crippen LogP contribution is 2.35. The molecular formula is C11H17O5P. The molecule has 0 aliphatic heterocycles. The monoisotopic (exact) mass is 260 g/mol. The number of ether oxygens (including phenoxy) is 1. The molecule has 0 saturated carbocycles. The fourth-order valence-electron chi connectivity index (χ4n) is 1.21. The molecule has 2 N–H and O–H groups in total. The number of phosphoric ester groups is 1. The van der Waals surface area contributed by atoms with Crippen LogP contribution in [-0.4, -0.2) is 16.6 Å². The molecule has 0 aromatic heterocycles. The van der Waals surface area contributed by atoms with Crippen molar-refractivity contribution in [1.82, 2.24) is 0 Å². The maximum absolute atomic E-state index is 10.4. The molecule has 1 aromatic carbocycles. The van der Waals surface area contributed by atoms with Gasteiger partial charge in [-0.15, -0.1) is 0 Å². The van der Waals surface area contributed by atoms with E-state index >= 15 is 0 Å². The Morgan fingerprint density at radius 1 is 1.18 bits per heavy atom. The zero-order valence-electron chi connectivity index (χ0n) is 10.1. The molecule has 1 rings (SSSR count). The van der Waals surface area contributed by atoms with Gasteiger partial charge in [0.05, 0.1) is 0 Å². The van der Waals surface area contributed by atoms with Gasteiger partial charge < -0.3 is 14.5 Å². The lowest BCUT2D eigenvalue weighted by Crippen LogP contribution is -2.10. The Hall–Kier alpha value is -0.870. The first-order valence-corrected chi connectivity index (χ1v) is 6.65. The zero-order valence-corrected chi connectivity index (χ0v) is 11.0. The molecule has 0 atom stereocenters. The fourth-order valence-corrected chi connectivity index (χ4v) is 1.40. The summed E-state index contributed by atoms with van der Waals surface area (Å²) in [6.45, 7) is 5.82. The van der Waals surface area contributed by atoms with Crippen LogP contribution < -0.4 is 4.74 Å². The van der Waals surface area contributed by atoms with Gasteiger partial charge in [0.25, 0.3) is 0 Å². The van der Waals surface area contributed by atoms with E-state index < -0.39 is 14.6 Å². The van der Waals surface area contributed by atoms with E-state index in [2.05, 4.69) is 25.3 Å². The van der Waals surface area contributed by atoms with Crippen LogP contribution in [0.25, 0.3) is 0 Å². The summed E-state index contributed by atoms with van der Waals surface area (Å²) >= 11 is 0. The molecular weight excluding hydrogens is 243 g/mol. The van der Waals surface area contributed by atoms with Crippen LogP contribution in [0.4, 0.5) is 0 Å². The normalized spacial score (nSPS) is 12.5. The molecule has 0 unspecified atom stereocenters. The van der Waals surface area contributed by atoms with Crippen LogP contribution in [0.3, 0.4) is 0 Å². The lowest BCUT2D eigenvalue weighted by atomic mass is 9.87. The van der Waals surface area contributed by atoms with Crippen molar-refractivity contribution in [3.63, 3.8) is 0 Å². The second-order valence-electron chi connectivity index (χ2n) is 4.66. The minimum atomic E-state index is -4.46. The van der Waals surface area contributed by atoms with Crippen molar-refractivity contribution in [2.45, 2.75) is 26.2 Å². The molecule has 5 nitrogen and oxygen atoms in total. The summed E-state index contributed by atoms with van der Waals surface area (Å²) in [5, 5.41) is 0. The molecule has 0 spiro atoms. The number of rotatable bonds is 4. The van der Waals surface area contributed by atoms with Crippen molar-refractivity contribution in [1.29, 1.82) is 0 Å². The van der Waals surface area contributed by atoms with Gasteiger partial charge in [0.1, 0.15) is 5.75 Å². The predicted octanol–water partition coefficient (Wildman–Crippen LogP) is 2.43. The third-order valence-electron chi connectivity index (χ3n) is 2.17. The van der Waals surface area contributed by atoms with Crippen LogP contribution in [0.5, 0.6) is 5.75 Å². The van der Waals surface area contributed by atoms with E-state index in [-0.39, 0.29) is 5.41 Å². The molecule has 0 heterocycles. The number of phosphoric acid groups is 1. The van der Waals surface area contributed by atoms with Crippen molar-refractivity contribution in [2.24, 2.45) is 0 Å². The van der Waals surface area contributed by atoms with Crippen LogP contribution in [0.15, 0.2) is 24.3 Å². The van der Waals surface area contributed by atoms with Crippen LogP contribution in [0.2, 0.25) is 0 Å². The Morgan fingerprint density at radius 2 is 1.71 bits per heavy atom. The molecule has 0 aliphatic carbocycles. The predicted molar refractivity (Wildman–Crippen MR) is 63.8 cm³/mol. The van der Waals surface area contributed by atoms with Gasteiger partial charge >= 0.3 is 7.82 Å². The summed E-state index contributed by atoms with van der Waals surface area (Å²) in [5.74, 6) is 0.506. The largest absolute Gasteiger partial charge is 0.472 e. The van der Waals surface area contributed by atoms with E-state index in [0.29, 0.717) is 5.75 Å². The highest BCUT2D eigenvalue weighted by molar-refractivity contribution is 7.46. The van der Waals surface area contributed by atoms with Gasteiger partial charge in [-0.2, -0.15) is 0 Å². The minimum Gasteiger partial charge on any atom is -0.467 e. The Balaban J connectivity index is 2.55. The molecule has 0 radical (unpaired) electrons. The smallest absolute Gasteiger partial charge is 0.467 e. The maximum Gasteiger partial charge on any atom is 0.472 e. The number of hydrogen-bond acceptors (Lipinski definition) is 3. The van der Waals surface area contributed by atoms with E-state index in [0.717, 1.165) is 5.56 Å². The Morgan fingerprint density at radius 3 is 2.12 bits per heavy atom. The summed E-state index contributed by atoms with van der Waals surface area (Å²) in [6.07, 6.45) is 0. The third-order valence-corrected chi connectivity index (χ3v) is 2.61. The zero-order chi connectivity index (χ0) is 13.1. The van der Waals surface area contributed by atoms with Gasteiger partial charge in [0.15, 0.2) is 6.79 Å². The molecule has 0 bridgehead atoms. The van der Waals surface area contributed by atoms with E-state index in [9.17, 15) is 4.57 Å². The van der Waals surface area contributed by atoms with Crippen LogP contribution in [0.1, 0.15) is 26.3 Å². The second kappa shape index (κ2) is 5.19. The third kappa shape index (κ3) is 5.33. The first-order chi connectivity index (χ1) is 7.68. The Labute approximate surface area is 101 Å². The highest BCUT2D eigenvalue weighted by Gasteiger charge is 2.15. The fraction of sp³-hybridized carbons (Fsp3) is 0.455. The van der Waals surface area contributed by atoms with Gasteiger partial charge in [-0.25, -0.2) is 9.09 Å². The second-order valence-corrected chi connectivity index (χ2v) is 5.90. The molecule has 0 amide bonds. The van der Waals surface area contributed by atoms with Crippen molar-refractivity contribution < 1.29 is 23.6 Å². The summed E-state index contributed by atoms with van der Waals surface area (Å²) in [4.78, 5) is 16.9. The summed E-state index contributed by atoms with van der Waals surface area (Å²) in [7, 11) is -4.46. The van der Waals surface area contributed by atoms with Gasteiger partial charge in [-0.1, -0.05) is 32.9 Å². The summed E-state index contributed by atoms with van der Waals surface area (Å²) in [5.41, 5.74) is 1.21. The van der Waals surface area contributed by atoms with Crippen LogP contribution in [0, 0.1) is 0 Å². The Bertz CT molecular complexity index is 401. The minimum absolute atomic E-state index is 0.0565. The van der Waals surface area contributed by atoms with Gasteiger partial charge in [0.2, 0.25) is 0 Å². The molecule has 0 fully saturated rings. The van der Waals surface area contributed by atoms with E-state index in [4.69, 9.17) is 14.5 Å². The Kier molecular flexibility index (Phi) is 4.33. The molecule has 96 valence electrons. The van der Waals surface area contributed by atoms with Crippen LogP contribution >= 0.6 is 7.82 Å². The van der Waals surface area contributed by atoms with Gasteiger partial charge in [-0.05, 0) is 23.1 Å². The average Bonchev–Trinajstić information content (AvgIpc) is 2.15. The quantitative estimate of drug-likeness (QED) is 0.642. The molecule has 1 aromatic rings. The molecule has 17 heavy (non-hydrogen) atoms. The molecule has 6 heteroatoms. The standard InChI is InChI=1S/C11H17O5P/c1-11(2,3)9-4-6-10(7-5-9)15-8-16-17(12,13)14/h4-7H,8H2,1-3H3,(H2,12,13,14). The van der Waals surface area contributed by atoms with E-state index in [1.54, 1.807) is 12.1 Å². The lowest BCUT2D eigenvalue weighted by Gasteiger charge is -2.19. The average molecular weight is 260 g/mol. The number of hydrogen-bond donors (Lipinski definition) is 2. The topological polar surface area (TPSA) is 76.0 Å². The lowest BCUT2D eigenvalue weighted by molar-refractivity contribution is 0.0829. The molecule has 0 aliphatic rings. The van der Waals surface area contributed by atoms with Crippen molar-refractivity contribution in [3.05, 3.63) is 29.8 Å². The first kappa shape index (κ1) is 14.2. The van der Waals surface area contributed by atoms with Crippen molar-refractivity contribution >= 4 is 7.82 Å². The molecule has 0 saturated heterocycles. The first-order valence-electron chi connectivity index (χ1n) is 5.12. The maximum atomic E-state index is 10.4. The van der Waals surface area contributed by atoms with E-state index in [1.165, 1.54) is 0 Å². The number of benzene rings is 1. The van der Waals surface area contributed by atoms with Crippen molar-refractivity contribution in [3.8, 4) is 5.75 Å². The summed E-state index contributed by atoms with van der Waals surface area (Å²) < 4.78 is 19.6. The van der Waals surface area contributed by atoms with Crippen LogP contribution in [-0.2, 0) is 14.5 Å². The van der Waals surface area contributed by atoms with E-state index in [1.807, 2.05) is 12.1 Å². The summed E-state index contributed by atoms with van der Waals surface area (Å²) in [6, 6.07) is 7.30. The highest BCUT2D eigenvalue weighted by atomic mass is 31.2. The van der Waals surface area contributed by atoms with Crippen molar-refractivity contribution in [2.75, 3.05) is 6.79 Å². The SMILES string of the molecule is CC(C)(C)c1ccc(OCOP(=O)(O)O)cc1. The van der Waals surface area contributed by atoms with Gasteiger partial charge in [0, 0.05) is 0 Å². The van der Waals surface area contributed by atoms with Gasteiger partial charge in [-0.3, -0.25) is 0 Å².